The number of fused-ring (bicyclic) bond motifs is 3. The van der Waals surface area contributed by atoms with Crippen molar-refractivity contribution in [3.63, 3.8) is 0 Å². The van der Waals surface area contributed by atoms with Gasteiger partial charge in [-0.15, -0.1) is 0 Å². The molecule has 1 saturated heterocycles. The molecule has 1 aliphatic heterocycles. The third-order valence-electron chi connectivity index (χ3n) is 9.65. The Labute approximate surface area is 257 Å². The lowest BCUT2D eigenvalue weighted by Crippen LogP contribution is -2.64. The fourth-order valence-electron chi connectivity index (χ4n) is 7.34. The molecule has 1 heterocycles. The van der Waals surface area contributed by atoms with E-state index in [0.29, 0.717) is 18.2 Å². The summed E-state index contributed by atoms with van der Waals surface area (Å²) in [4.78, 5) is 25.6. The number of carboxylic acid groups (broad SMARTS) is 1. The number of hydrogen-bond acceptors (Lipinski definition) is 4. The Morgan fingerprint density at radius 3 is 2.09 bits per heavy atom. The second kappa shape index (κ2) is 11.2. The molecular weight excluding hydrogens is 657 g/mol. The van der Waals surface area contributed by atoms with Gasteiger partial charge in [0, 0.05) is 12.1 Å². The van der Waals surface area contributed by atoms with Gasteiger partial charge in [0.25, 0.3) is 5.91 Å². The fraction of sp³-hybridized carbons (Fsp3) is 0.533. The van der Waals surface area contributed by atoms with Crippen molar-refractivity contribution in [2.45, 2.75) is 90.7 Å². The number of halogens is 9. The number of carbonyl (C=O) groups is 2. The lowest BCUT2D eigenvalue weighted by Gasteiger charge is -2.53. The second-order valence-corrected chi connectivity index (χ2v) is 14.3. The zero-order chi connectivity index (χ0) is 34.1. The molecule has 0 aromatic heterocycles. The maximum absolute atomic E-state index is 16.2. The first-order valence-electron chi connectivity index (χ1n) is 14.4. The molecule has 2 aromatic rings. The van der Waals surface area contributed by atoms with Gasteiger partial charge in [0.05, 0.1) is 16.9 Å². The molecule has 1 saturated carbocycles. The van der Waals surface area contributed by atoms with Crippen molar-refractivity contribution in [3.8, 4) is 0 Å². The molecule has 0 spiro atoms. The summed E-state index contributed by atoms with van der Waals surface area (Å²) in [5.74, 6) is -4.14. The molecule has 0 bridgehead atoms. The SMILES string of the molecule is O=C(O)C1CCC(F)(C(=O)N2CCCC3(S(=O)(=O)c4cccc(F)c4)c4ccc(C(F)(C(F)(F)F)C(F)(F)F)cc4CCC23)CC1. The van der Waals surface area contributed by atoms with Crippen molar-refractivity contribution in [1.82, 2.24) is 4.90 Å². The molecule has 2 aliphatic carbocycles. The zero-order valence-corrected chi connectivity index (χ0v) is 24.7. The van der Waals surface area contributed by atoms with Crippen LogP contribution in [0.5, 0.6) is 0 Å². The van der Waals surface area contributed by atoms with Gasteiger partial charge in [-0.1, -0.05) is 24.3 Å². The van der Waals surface area contributed by atoms with E-state index in [-0.39, 0.29) is 55.8 Å². The van der Waals surface area contributed by atoms with Crippen molar-refractivity contribution < 1.29 is 62.6 Å². The maximum atomic E-state index is 16.2. The third-order valence-corrected chi connectivity index (χ3v) is 12.2. The second-order valence-electron chi connectivity index (χ2n) is 12.1. The number of likely N-dealkylation sites (tertiary alicyclic amines) is 1. The molecular formula is C30H28F9NO5S. The van der Waals surface area contributed by atoms with Gasteiger partial charge in [0.15, 0.2) is 15.5 Å². The Bertz CT molecular complexity index is 1640. The van der Waals surface area contributed by atoms with Crippen LogP contribution < -0.4 is 0 Å². The van der Waals surface area contributed by atoms with Crippen LogP contribution in [0, 0.1) is 11.7 Å². The van der Waals surface area contributed by atoms with Crippen molar-refractivity contribution >= 4 is 21.7 Å². The normalized spacial score (nSPS) is 27.5. The van der Waals surface area contributed by atoms with Crippen molar-refractivity contribution in [1.29, 1.82) is 0 Å². The number of carbonyl (C=O) groups excluding carboxylic acids is 1. The molecule has 46 heavy (non-hydrogen) atoms. The standard InChI is InChI=1S/C30H28F9NO5S/c31-20-3-1-4-21(16-20)46(44,45)27-11-2-14-40(25(43)26(32)12-9-17(10-13-26)24(41)42)23(27)8-5-18-15-19(6-7-22(18)27)28(33,29(34,35)36)30(37,38)39/h1,3-4,6-7,15-17,23H,2,5,8-14H2,(H,41,42). The third kappa shape index (κ3) is 5.05. The van der Waals surface area contributed by atoms with E-state index in [4.69, 9.17) is 0 Å². The van der Waals surface area contributed by atoms with Crippen LogP contribution in [-0.4, -0.2) is 60.9 Å². The van der Waals surface area contributed by atoms with E-state index in [9.17, 15) is 53.8 Å². The van der Waals surface area contributed by atoms with Crippen molar-refractivity contribution in [3.05, 3.63) is 65.0 Å². The Balaban J connectivity index is 1.67. The van der Waals surface area contributed by atoms with Crippen molar-refractivity contribution in [2.75, 3.05) is 6.54 Å². The van der Waals surface area contributed by atoms with E-state index >= 15 is 8.78 Å². The Morgan fingerprint density at radius 1 is 0.891 bits per heavy atom. The quantitative estimate of drug-likeness (QED) is 0.354. The summed E-state index contributed by atoms with van der Waals surface area (Å²) in [6.45, 7) is -0.152. The Morgan fingerprint density at radius 2 is 1.52 bits per heavy atom. The van der Waals surface area contributed by atoms with E-state index in [1.54, 1.807) is 0 Å². The van der Waals surface area contributed by atoms with E-state index in [1.807, 2.05) is 0 Å². The van der Waals surface area contributed by atoms with Crippen LogP contribution in [0.2, 0.25) is 0 Å². The predicted octanol–water partition coefficient (Wildman–Crippen LogP) is 6.70. The van der Waals surface area contributed by atoms with Crippen LogP contribution in [0.1, 0.15) is 61.6 Å². The number of aryl methyl sites for hydroxylation is 1. The predicted molar refractivity (Wildman–Crippen MR) is 143 cm³/mol. The Hall–Kier alpha value is -3.30. The molecule has 1 amide bonds. The summed E-state index contributed by atoms with van der Waals surface area (Å²) in [6, 6.07) is 3.53. The smallest absolute Gasteiger partial charge is 0.435 e. The number of aliphatic carboxylic acids is 1. The van der Waals surface area contributed by atoms with E-state index in [2.05, 4.69) is 0 Å². The molecule has 3 aliphatic rings. The lowest BCUT2D eigenvalue weighted by atomic mass is 9.71. The zero-order valence-electron chi connectivity index (χ0n) is 23.9. The number of carboxylic acids is 1. The number of rotatable bonds is 5. The number of nitrogens with zero attached hydrogens (tertiary/aromatic N) is 1. The number of amides is 1. The van der Waals surface area contributed by atoms with Crippen molar-refractivity contribution in [2.24, 2.45) is 5.92 Å². The number of hydrogen-bond donors (Lipinski definition) is 1. The monoisotopic (exact) mass is 685 g/mol. The summed E-state index contributed by atoms with van der Waals surface area (Å²) in [5.41, 5.74) is -10.8. The molecule has 5 rings (SSSR count). The van der Waals surface area contributed by atoms with Gasteiger partial charge in [-0.3, -0.25) is 9.59 Å². The first kappa shape index (κ1) is 34.0. The van der Waals surface area contributed by atoms with Crippen LogP contribution in [0.3, 0.4) is 0 Å². The molecule has 6 nitrogen and oxygen atoms in total. The Kier molecular flexibility index (Phi) is 8.25. The molecule has 1 N–H and O–H groups in total. The number of benzene rings is 2. The highest BCUT2D eigenvalue weighted by Gasteiger charge is 2.74. The topological polar surface area (TPSA) is 91.8 Å². The van der Waals surface area contributed by atoms with Gasteiger partial charge < -0.3 is 10.0 Å². The maximum Gasteiger partial charge on any atom is 0.435 e. The van der Waals surface area contributed by atoms with Crippen LogP contribution in [0.4, 0.5) is 39.5 Å². The van der Waals surface area contributed by atoms with Crippen LogP contribution >= 0.6 is 0 Å². The molecule has 16 heteroatoms. The number of sulfone groups is 1. The van der Waals surface area contributed by atoms with Crippen LogP contribution in [-0.2, 0) is 36.3 Å². The summed E-state index contributed by atoms with van der Waals surface area (Å²) >= 11 is 0. The lowest BCUT2D eigenvalue weighted by molar-refractivity contribution is -0.348. The van der Waals surface area contributed by atoms with Gasteiger partial charge in [0.2, 0.25) is 0 Å². The fourth-order valence-corrected chi connectivity index (χ4v) is 9.79. The number of alkyl halides is 8. The summed E-state index contributed by atoms with van der Waals surface area (Å²) < 4.78 is 154. The number of piperidine rings is 1. The van der Waals surface area contributed by atoms with E-state index in [0.717, 1.165) is 23.1 Å². The highest BCUT2D eigenvalue weighted by Crippen LogP contribution is 2.57. The van der Waals surface area contributed by atoms with Gasteiger partial charge >= 0.3 is 24.0 Å². The molecule has 2 atom stereocenters. The highest BCUT2D eigenvalue weighted by atomic mass is 32.2. The van der Waals surface area contributed by atoms with Crippen LogP contribution in [0.25, 0.3) is 0 Å². The van der Waals surface area contributed by atoms with Gasteiger partial charge in [-0.2, -0.15) is 26.3 Å². The largest absolute Gasteiger partial charge is 0.481 e. The van der Waals surface area contributed by atoms with Crippen LogP contribution in [0.15, 0.2) is 47.4 Å². The van der Waals surface area contributed by atoms with Gasteiger partial charge in [-0.05, 0) is 80.7 Å². The molecule has 2 aromatic carbocycles. The molecule has 2 fully saturated rings. The summed E-state index contributed by atoms with van der Waals surface area (Å²) in [7, 11) is -4.83. The molecule has 252 valence electrons. The molecule has 0 radical (unpaired) electrons. The average molecular weight is 686 g/mol. The first-order valence-corrected chi connectivity index (χ1v) is 15.9. The summed E-state index contributed by atoms with van der Waals surface area (Å²) in [6.07, 6.45) is -15.3. The minimum atomic E-state index is -6.43. The van der Waals surface area contributed by atoms with Gasteiger partial charge in [0.1, 0.15) is 10.6 Å². The molecule has 2 unspecified atom stereocenters. The van der Waals surface area contributed by atoms with E-state index in [1.165, 1.54) is 0 Å². The minimum Gasteiger partial charge on any atom is -0.481 e. The average Bonchev–Trinajstić information content (AvgIpc) is 2.98. The first-order chi connectivity index (χ1) is 21.2. The summed E-state index contributed by atoms with van der Waals surface area (Å²) in [5, 5.41) is 9.29. The van der Waals surface area contributed by atoms with E-state index < -0.39 is 97.6 Å². The van der Waals surface area contributed by atoms with Gasteiger partial charge in [-0.25, -0.2) is 21.6 Å². The minimum absolute atomic E-state index is 0.107. The highest BCUT2D eigenvalue weighted by molar-refractivity contribution is 7.92.